The Kier molecular flexibility index (Phi) is 35.6. The van der Waals surface area contributed by atoms with Crippen LogP contribution in [0.4, 0.5) is 0 Å². The van der Waals surface area contributed by atoms with E-state index >= 15 is 0 Å². The molecule has 0 bridgehead atoms. The highest BCUT2D eigenvalue weighted by atomic mass is 127. The first kappa shape index (κ1) is 86.5. The second-order valence-corrected chi connectivity index (χ2v) is 31.5. The molecule has 4 unspecified atom stereocenters. The van der Waals surface area contributed by atoms with Crippen LogP contribution in [0.25, 0.3) is 0 Å². The minimum atomic E-state index is -1.73. The molecule has 0 aliphatic carbocycles. The van der Waals surface area contributed by atoms with E-state index in [9.17, 15) is 57.5 Å². The lowest BCUT2D eigenvalue weighted by atomic mass is 10.1. The number of nitrogens with two attached hydrogens (primary N) is 1. The number of carbonyl (C=O) groups excluding carboxylic acids is 12. The number of primary amides is 1. The van der Waals surface area contributed by atoms with Crippen LogP contribution >= 0.6 is 22.6 Å². The minimum Gasteiger partial charge on any atom is -0.459 e. The molecule has 1 fully saturated rings. The highest BCUT2D eigenvalue weighted by Gasteiger charge is 2.36. The average molecular weight is 1490 g/mol. The lowest BCUT2D eigenvalue weighted by Gasteiger charge is -2.34. The van der Waals surface area contributed by atoms with Gasteiger partial charge in [0.2, 0.25) is 35.4 Å². The molecule has 0 aromatic heterocycles. The summed E-state index contributed by atoms with van der Waals surface area (Å²) in [6, 6.07) is 1.57. The largest absolute Gasteiger partial charge is 0.459 e. The number of amides is 6. The maximum absolute atomic E-state index is 13.9. The zero-order chi connectivity index (χ0) is 73.9. The Balaban J connectivity index is 2.25. The molecule has 0 spiro atoms. The molecule has 1 saturated heterocycles. The molecule has 1 heterocycles. The Labute approximate surface area is 587 Å². The van der Waals surface area contributed by atoms with Crippen molar-refractivity contribution >= 4 is 93.8 Å². The number of ether oxygens (including phenoxy) is 6. The van der Waals surface area contributed by atoms with E-state index in [1.165, 1.54) is 0 Å². The number of benzene rings is 1. The minimum absolute atomic E-state index is 0.00590. The topological polar surface area (TPSA) is 359 Å². The van der Waals surface area contributed by atoms with Gasteiger partial charge in [-0.15, -0.1) is 0 Å². The van der Waals surface area contributed by atoms with Gasteiger partial charge in [-0.2, -0.15) is 0 Å². The lowest BCUT2D eigenvalue weighted by molar-refractivity contribution is -0.161. The molecule has 1 aromatic rings. The van der Waals surface area contributed by atoms with Gasteiger partial charge in [0.05, 0.1) is 45.4 Å². The highest BCUT2D eigenvalue weighted by Crippen LogP contribution is 2.18. The van der Waals surface area contributed by atoms with Gasteiger partial charge in [-0.1, -0.05) is 12.1 Å². The lowest BCUT2D eigenvalue weighted by Crippen LogP contribution is -2.53. The molecule has 0 saturated carbocycles. The molecule has 97 heavy (non-hydrogen) atoms. The van der Waals surface area contributed by atoms with Crippen molar-refractivity contribution in [2.75, 3.05) is 85.1 Å². The number of nitrogens with zero attached hydrogens (tertiary/aromatic N) is 4. The molecule has 2 rings (SSSR count). The standard InChI is InChI=1S/C68H113IN10O18/c1-63(2,3)92-56(85)42-77-32-30-76(31-33-78(43-57(86)93-64(4,5)6)35-37-79(36-34-77)44-58(87)94-65(7,8)9)41-55(84)71-29-20-19-23-47(59(70)88)72-52(81)39-49(61(90)96-67(13,14)15)74-54(83)40-50(62(91)97-68(16,17)18)75-53(82)38-48(60(89)95-66(10,11)12)73-51(80)24-21-22-45-25-27-46(69)28-26-45/h25-28,47-50H,19-24,29-44H2,1-18H3,(H2,70,88)(H,71,84)(H,72,81)(H,73,80)(H,74,83)(H,75,82). The Bertz CT molecular complexity index is 2750. The van der Waals surface area contributed by atoms with Crippen LogP contribution in [-0.2, 0) is 92.4 Å². The van der Waals surface area contributed by atoms with Crippen molar-refractivity contribution in [3.63, 3.8) is 0 Å². The van der Waals surface area contributed by atoms with E-state index in [0.29, 0.717) is 71.6 Å². The summed E-state index contributed by atoms with van der Waals surface area (Å²) in [4.78, 5) is 169. The smallest absolute Gasteiger partial charge is 0.329 e. The normalized spacial score (nSPS) is 15.8. The van der Waals surface area contributed by atoms with Gasteiger partial charge in [-0.3, -0.25) is 62.8 Å². The van der Waals surface area contributed by atoms with Crippen molar-refractivity contribution in [2.24, 2.45) is 5.73 Å². The van der Waals surface area contributed by atoms with E-state index in [-0.39, 0.29) is 57.9 Å². The van der Waals surface area contributed by atoms with Crippen molar-refractivity contribution < 1.29 is 86.0 Å². The van der Waals surface area contributed by atoms with E-state index in [0.717, 1.165) is 9.13 Å². The van der Waals surface area contributed by atoms with E-state index in [4.69, 9.17) is 34.2 Å². The molecular weight excluding hydrogens is 1370 g/mol. The maximum atomic E-state index is 13.9. The predicted octanol–water partition coefficient (Wildman–Crippen LogP) is 3.77. The van der Waals surface area contributed by atoms with E-state index in [1.54, 1.807) is 125 Å². The van der Waals surface area contributed by atoms with E-state index in [1.807, 2.05) is 43.9 Å². The molecule has 7 N–H and O–H groups in total. The number of esters is 6. The van der Waals surface area contributed by atoms with Crippen molar-refractivity contribution in [2.45, 2.75) is 240 Å². The summed E-state index contributed by atoms with van der Waals surface area (Å²) in [5.74, 6) is -9.01. The van der Waals surface area contributed by atoms with Gasteiger partial charge in [0.25, 0.3) is 0 Å². The van der Waals surface area contributed by atoms with Crippen molar-refractivity contribution in [1.82, 2.24) is 46.2 Å². The van der Waals surface area contributed by atoms with Gasteiger partial charge in [-0.05, 0) is 197 Å². The number of hydrogen-bond acceptors (Lipinski definition) is 22. The fourth-order valence-corrected chi connectivity index (χ4v) is 9.87. The van der Waals surface area contributed by atoms with Gasteiger partial charge in [0.15, 0.2) is 0 Å². The summed E-state index contributed by atoms with van der Waals surface area (Å²) in [5, 5.41) is 12.9. The number of nitrogens with one attached hydrogen (secondary N) is 5. The molecule has 1 aliphatic rings. The van der Waals surface area contributed by atoms with Crippen LogP contribution in [0.2, 0.25) is 0 Å². The summed E-state index contributed by atoms with van der Waals surface area (Å²) < 4.78 is 34.6. The molecule has 4 atom stereocenters. The average Bonchev–Trinajstić information content (AvgIpc) is 0.911. The number of halogens is 1. The number of carbonyl (C=O) groups is 12. The number of unbranched alkanes of at least 4 members (excludes halogenated alkanes) is 1. The molecule has 1 aromatic carbocycles. The number of aryl methyl sites for hydroxylation is 1. The van der Waals surface area contributed by atoms with Gasteiger partial charge >= 0.3 is 35.8 Å². The fraction of sp³-hybridized carbons (Fsp3) is 0.735. The van der Waals surface area contributed by atoms with Gasteiger partial charge in [-0.25, -0.2) is 14.4 Å². The monoisotopic (exact) mass is 1480 g/mol. The first-order valence-electron chi connectivity index (χ1n) is 33.2. The van der Waals surface area contributed by atoms with Crippen LogP contribution in [0.5, 0.6) is 0 Å². The molecule has 1 aliphatic heterocycles. The van der Waals surface area contributed by atoms with Crippen LogP contribution in [0.15, 0.2) is 24.3 Å². The van der Waals surface area contributed by atoms with Crippen LogP contribution in [0.1, 0.15) is 182 Å². The fourth-order valence-electron chi connectivity index (χ4n) is 9.51. The van der Waals surface area contributed by atoms with Crippen molar-refractivity contribution in [1.29, 1.82) is 0 Å². The molecule has 6 amide bonds. The molecule has 0 radical (unpaired) electrons. The van der Waals surface area contributed by atoms with Crippen molar-refractivity contribution in [3.05, 3.63) is 33.4 Å². The third-order valence-electron chi connectivity index (χ3n) is 13.6. The molecule has 550 valence electrons. The maximum Gasteiger partial charge on any atom is 0.329 e. The van der Waals surface area contributed by atoms with Crippen LogP contribution in [-0.4, -0.2) is 234 Å². The molecular formula is C68H113IN10O18. The molecule has 28 nitrogen and oxygen atoms in total. The first-order chi connectivity index (χ1) is 44.5. The number of rotatable bonds is 31. The Morgan fingerprint density at radius 1 is 0.402 bits per heavy atom. The van der Waals surface area contributed by atoms with Crippen LogP contribution in [0.3, 0.4) is 0 Å². The Morgan fingerprint density at radius 2 is 0.701 bits per heavy atom. The molecule has 29 heteroatoms. The summed E-state index contributed by atoms with van der Waals surface area (Å²) >= 11 is 2.19. The third-order valence-corrected chi connectivity index (χ3v) is 14.3. The zero-order valence-electron chi connectivity index (χ0n) is 60.8. The SMILES string of the molecule is CC(C)(C)OC(=O)CN1CCN(CC(=O)NCCCCC(NC(=O)CC(NC(=O)CC(NC(=O)CC(NC(=O)CCCc2ccc(I)cc2)C(=O)OC(C)(C)C)C(=O)OC(C)(C)C)C(=O)OC(C)(C)C)C(N)=O)CCN(CC(=O)OC(C)(C)C)CCN(CC(=O)OC(C)(C)C)CC1. The summed E-state index contributed by atoms with van der Waals surface area (Å²) in [7, 11) is 0. The van der Waals surface area contributed by atoms with E-state index in [2.05, 4.69) is 49.2 Å². The van der Waals surface area contributed by atoms with Crippen molar-refractivity contribution in [3.8, 4) is 0 Å². The van der Waals surface area contributed by atoms with Gasteiger partial charge in [0, 0.05) is 68.9 Å². The first-order valence-corrected chi connectivity index (χ1v) is 34.3. The predicted molar refractivity (Wildman–Crippen MR) is 371 cm³/mol. The second-order valence-electron chi connectivity index (χ2n) is 30.3. The Hall–Kier alpha value is -6.57. The van der Waals surface area contributed by atoms with Gasteiger partial charge < -0.3 is 60.7 Å². The number of hydrogen-bond donors (Lipinski definition) is 6. The summed E-state index contributed by atoms with van der Waals surface area (Å²) in [6.45, 7) is 32.9. The third kappa shape index (κ3) is 42.1. The summed E-state index contributed by atoms with van der Waals surface area (Å²) in [5.41, 5.74) is 1.30. The van der Waals surface area contributed by atoms with E-state index < -0.39 is 142 Å². The van der Waals surface area contributed by atoms with Crippen LogP contribution in [0, 0.1) is 3.57 Å². The highest BCUT2D eigenvalue weighted by molar-refractivity contribution is 14.1. The summed E-state index contributed by atoms with van der Waals surface area (Å²) in [6.07, 6.45) is -0.723. The zero-order valence-corrected chi connectivity index (χ0v) is 62.9. The Morgan fingerprint density at radius 3 is 1.01 bits per heavy atom. The quantitative estimate of drug-likeness (QED) is 0.0267. The van der Waals surface area contributed by atoms with Gasteiger partial charge in [0.1, 0.15) is 57.8 Å². The van der Waals surface area contributed by atoms with Crippen LogP contribution < -0.4 is 32.3 Å². The second kappa shape index (κ2) is 39.9.